The molecule has 3 aromatic carbocycles. The molecule has 1 amide bonds. The van der Waals surface area contributed by atoms with Gasteiger partial charge in [-0.25, -0.2) is 4.79 Å². The molecule has 2 N–H and O–H groups in total. The minimum absolute atomic E-state index is 0.108. The number of carboxylic acids is 1. The molecule has 9 nitrogen and oxygen atoms in total. The van der Waals surface area contributed by atoms with Gasteiger partial charge in [-0.1, -0.05) is 36.1 Å². The number of carbonyl (C=O) groups is 2. The number of H-pyrrole nitrogens is 1. The van der Waals surface area contributed by atoms with Crippen molar-refractivity contribution in [3.63, 3.8) is 0 Å². The molecule has 40 heavy (non-hydrogen) atoms. The summed E-state index contributed by atoms with van der Waals surface area (Å²) in [6, 6.07) is 16.2. The fraction of sp³-hybridized carbons (Fsp3) is 0.172. The summed E-state index contributed by atoms with van der Waals surface area (Å²) in [5, 5.41) is 17.2. The van der Waals surface area contributed by atoms with Gasteiger partial charge in [-0.15, -0.1) is 0 Å². The van der Waals surface area contributed by atoms with Gasteiger partial charge < -0.3 is 19.3 Å². The van der Waals surface area contributed by atoms with Crippen molar-refractivity contribution in [3.05, 3.63) is 76.8 Å². The summed E-state index contributed by atoms with van der Waals surface area (Å²) in [5.74, 6) is 0.281. The summed E-state index contributed by atoms with van der Waals surface area (Å²) in [6.45, 7) is 0.678. The van der Waals surface area contributed by atoms with Crippen LogP contribution in [-0.4, -0.2) is 63.8 Å². The molecule has 0 bridgehead atoms. The topological polar surface area (TPSA) is 114 Å². The third kappa shape index (κ3) is 5.65. The fourth-order valence-electron chi connectivity index (χ4n) is 4.32. The molecule has 1 aliphatic rings. The minimum atomic E-state index is -1.05. The molecule has 5 rings (SSSR count). The largest absolute Gasteiger partial charge is 0.496 e. The highest BCUT2D eigenvalue weighted by atomic mass is 32.2. The number of hydrogen-bond acceptors (Lipinski definition) is 8. The maximum absolute atomic E-state index is 13.2. The molecule has 0 radical (unpaired) electrons. The summed E-state index contributed by atoms with van der Waals surface area (Å²) < 4.78 is 17.1. The van der Waals surface area contributed by atoms with Crippen LogP contribution < -0.4 is 14.2 Å². The number of ether oxygens (including phenoxy) is 3. The number of hydrogen-bond donors (Lipinski definition) is 2. The predicted molar refractivity (Wildman–Crippen MR) is 158 cm³/mol. The lowest BCUT2D eigenvalue weighted by atomic mass is 10.0. The molecule has 0 atom stereocenters. The number of thioether (sulfide) groups is 1. The Morgan fingerprint density at radius 2 is 1.88 bits per heavy atom. The van der Waals surface area contributed by atoms with Crippen LogP contribution in [0.4, 0.5) is 0 Å². The first-order valence-electron chi connectivity index (χ1n) is 12.3. The minimum Gasteiger partial charge on any atom is -0.496 e. The average Bonchev–Trinajstić information content (AvgIpc) is 3.54. The van der Waals surface area contributed by atoms with Crippen LogP contribution in [0.25, 0.3) is 28.1 Å². The van der Waals surface area contributed by atoms with Crippen LogP contribution in [0.2, 0.25) is 0 Å². The number of aromatic nitrogens is 2. The van der Waals surface area contributed by atoms with Gasteiger partial charge in [0.2, 0.25) is 0 Å². The molecule has 11 heteroatoms. The fourth-order valence-corrected chi connectivity index (χ4v) is 5.63. The molecular weight excluding hydrogens is 550 g/mol. The van der Waals surface area contributed by atoms with Crippen molar-refractivity contribution in [3.8, 4) is 28.4 Å². The predicted octanol–water partition coefficient (Wildman–Crippen LogP) is 5.62. The van der Waals surface area contributed by atoms with Crippen LogP contribution in [0.1, 0.15) is 22.3 Å². The zero-order valence-electron chi connectivity index (χ0n) is 21.7. The number of methoxy groups -OCH3 is 2. The highest BCUT2D eigenvalue weighted by Crippen LogP contribution is 2.36. The number of rotatable bonds is 10. The van der Waals surface area contributed by atoms with Crippen LogP contribution in [0.15, 0.2) is 65.7 Å². The number of benzene rings is 3. The smallest absolute Gasteiger partial charge is 0.335 e. The number of aromatic amines is 1. The van der Waals surface area contributed by atoms with Crippen LogP contribution in [0, 0.1) is 0 Å². The SMILES string of the molecule is COc1cc(C(=O)O)ccc1OCCCN1C(=O)/C(=C/c2ccc(OC)c(-c3ccc4[nH]ncc4c3)c2)SC1=S. The molecule has 0 spiro atoms. The van der Waals surface area contributed by atoms with Crippen molar-refractivity contribution in [2.45, 2.75) is 6.42 Å². The Labute approximate surface area is 239 Å². The molecule has 1 fully saturated rings. The summed E-state index contributed by atoms with van der Waals surface area (Å²) in [6.07, 6.45) is 4.13. The molecule has 2 heterocycles. The molecule has 0 saturated carbocycles. The van der Waals surface area contributed by atoms with Crippen molar-refractivity contribution in [2.75, 3.05) is 27.4 Å². The monoisotopic (exact) mass is 575 g/mol. The van der Waals surface area contributed by atoms with Gasteiger partial charge in [0, 0.05) is 17.5 Å². The van der Waals surface area contributed by atoms with Gasteiger partial charge in [0.1, 0.15) is 10.1 Å². The highest BCUT2D eigenvalue weighted by Gasteiger charge is 2.31. The van der Waals surface area contributed by atoms with E-state index in [0.29, 0.717) is 40.3 Å². The lowest BCUT2D eigenvalue weighted by molar-refractivity contribution is -0.122. The Morgan fingerprint density at radius 1 is 1.07 bits per heavy atom. The van der Waals surface area contributed by atoms with Gasteiger partial charge >= 0.3 is 5.97 Å². The van der Waals surface area contributed by atoms with E-state index in [1.807, 2.05) is 42.5 Å². The third-order valence-electron chi connectivity index (χ3n) is 6.34. The van der Waals surface area contributed by atoms with Gasteiger partial charge in [0.15, 0.2) is 11.5 Å². The second-order valence-electron chi connectivity index (χ2n) is 8.84. The zero-order valence-corrected chi connectivity index (χ0v) is 23.3. The number of thiocarbonyl (C=S) groups is 1. The van der Waals surface area contributed by atoms with Crippen molar-refractivity contribution < 1.29 is 28.9 Å². The lowest BCUT2D eigenvalue weighted by Gasteiger charge is -2.15. The van der Waals surface area contributed by atoms with Crippen LogP contribution in [0.5, 0.6) is 17.2 Å². The van der Waals surface area contributed by atoms with Crippen molar-refractivity contribution in [1.29, 1.82) is 0 Å². The number of carbonyl (C=O) groups excluding carboxylic acids is 1. The molecule has 0 aliphatic carbocycles. The normalized spacial score (nSPS) is 14.2. The van der Waals surface area contributed by atoms with E-state index in [2.05, 4.69) is 10.2 Å². The van der Waals surface area contributed by atoms with E-state index in [9.17, 15) is 9.59 Å². The first-order valence-corrected chi connectivity index (χ1v) is 13.5. The van der Waals surface area contributed by atoms with E-state index < -0.39 is 5.97 Å². The van der Waals surface area contributed by atoms with E-state index in [1.165, 1.54) is 31.0 Å². The van der Waals surface area contributed by atoms with Crippen molar-refractivity contribution >= 4 is 57.2 Å². The average molecular weight is 576 g/mol. The number of amides is 1. The van der Waals surface area contributed by atoms with Gasteiger partial charge in [0.05, 0.1) is 43.0 Å². The van der Waals surface area contributed by atoms with E-state index in [4.69, 9.17) is 31.5 Å². The highest BCUT2D eigenvalue weighted by molar-refractivity contribution is 8.26. The Balaban J connectivity index is 1.26. The van der Waals surface area contributed by atoms with Crippen molar-refractivity contribution in [1.82, 2.24) is 15.1 Å². The molecule has 1 saturated heterocycles. The number of aromatic carboxylic acids is 1. The van der Waals surface area contributed by atoms with Crippen LogP contribution in [0.3, 0.4) is 0 Å². The Hall–Kier alpha value is -4.35. The Bertz CT molecular complexity index is 1650. The second kappa shape index (κ2) is 11.8. The van der Waals surface area contributed by atoms with Gasteiger partial charge in [-0.2, -0.15) is 5.10 Å². The number of carboxylic acid groups (broad SMARTS) is 1. The quantitative estimate of drug-likeness (QED) is 0.141. The molecule has 0 unspecified atom stereocenters. The van der Waals surface area contributed by atoms with Crippen molar-refractivity contribution in [2.24, 2.45) is 0 Å². The summed E-state index contributed by atoms with van der Waals surface area (Å²) in [7, 11) is 3.08. The summed E-state index contributed by atoms with van der Waals surface area (Å²) in [5.41, 5.74) is 3.78. The molecule has 1 aromatic heterocycles. The Kier molecular flexibility index (Phi) is 8.04. The van der Waals surface area contributed by atoms with Crippen LogP contribution >= 0.6 is 24.0 Å². The summed E-state index contributed by atoms with van der Waals surface area (Å²) in [4.78, 5) is 26.5. The lowest BCUT2D eigenvalue weighted by Crippen LogP contribution is -2.29. The van der Waals surface area contributed by atoms with E-state index in [-0.39, 0.29) is 11.5 Å². The van der Waals surface area contributed by atoms with Crippen LogP contribution in [-0.2, 0) is 4.79 Å². The molecule has 1 aliphatic heterocycles. The number of nitrogens with one attached hydrogen (secondary N) is 1. The standard InChI is InChI=1S/C29H25N3O6S2/c1-36-23-8-4-17(12-21(23)18-5-7-22-20(14-18)16-30-31-22)13-26-27(33)32(29(39)40-26)10-3-11-38-24-9-6-19(28(34)35)15-25(24)37-2/h4-9,12-16H,3,10-11H2,1-2H3,(H,30,31)(H,34,35)/b26-13-. The maximum Gasteiger partial charge on any atom is 0.335 e. The van der Waals surface area contributed by atoms with Gasteiger partial charge in [-0.05, 0) is 66.1 Å². The number of nitrogens with zero attached hydrogens (tertiary/aromatic N) is 2. The molecule has 4 aromatic rings. The van der Waals surface area contributed by atoms with E-state index in [1.54, 1.807) is 24.3 Å². The Morgan fingerprint density at radius 3 is 2.65 bits per heavy atom. The second-order valence-corrected chi connectivity index (χ2v) is 10.5. The maximum atomic E-state index is 13.2. The summed E-state index contributed by atoms with van der Waals surface area (Å²) >= 11 is 6.76. The molecular formula is C29H25N3O6S2. The molecule has 204 valence electrons. The van der Waals surface area contributed by atoms with E-state index >= 15 is 0 Å². The first-order chi connectivity index (χ1) is 19.4. The van der Waals surface area contributed by atoms with Gasteiger partial charge in [0.25, 0.3) is 5.91 Å². The third-order valence-corrected chi connectivity index (χ3v) is 7.72. The van der Waals surface area contributed by atoms with E-state index in [0.717, 1.165) is 33.3 Å². The zero-order chi connectivity index (χ0) is 28.2. The number of fused-ring (bicyclic) bond motifs is 1. The first kappa shape index (κ1) is 27.2. The van der Waals surface area contributed by atoms with Gasteiger partial charge in [-0.3, -0.25) is 14.8 Å².